The number of pyridine rings is 1. The Hall–Kier alpha value is -1.09. The highest BCUT2D eigenvalue weighted by atomic mass is 16.5. The van der Waals surface area contributed by atoms with Crippen molar-refractivity contribution in [2.45, 2.75) is 52.7 Å². The Morgan fingerprint density at radius 3 is 2.75 bits per heavy atom. The molecule has 3 heteroatoms. The fourth-order valence-corrected chi connectivity index (χ4v) is 3.17. The summed E-state index contributed by atoms with van der Waals surface area (Å²) < 4.78 is 6.23. The molecule has 0 aliphatic heterocycles. The molecule has 0 bridgehead atoms. The van der Waals surface area contributed by atoms with Gasteiger partial charge in [0.25, 0.3) is 0 Å². The largest absolute Gasteiger partial charge is 0.373 e. The van der Waals surface area contributed by atoms with Crippen LogP contribution in [0.3, 0.4) is 0 Å². The molecule has 3 unspecified atom stereocenters. The summed E-state index contributed by atoms with van der Waals surface area (Å²) in [4.78, 5) is 4.34. The van der Waals surface area contributed by atoms with Crippen molar-refractivity contribution in [1.29, 1.82) is 0 Å². The van der Waals surface area contributed by atoms with Crippen LogP contribution in [0.15, 0.2) is 18.3 Å². The number of ether oxygens (including phenoxy) is 1. The van der Waals surface area contributed by atoms with Crippen molar-refractivity contribution in [3.8, 4) is 0 Å². The molecule has 0 aromatic carbocycles. The van der Waals surface area contributed by atoms with E-state index in [0.29, 0.717) is 24.5 Å². The van der Waals surface area contributed by atoms with Crippen LogP contribution in [0.4, 0.5) is 5.82 Å². The summed E-state index contributed by atoms with van der Waals surface area (Å²) in [6.45, 7) is 7.66. The molecule has 0 amide bonds. The number of hydrogen-bond acceptors (Lipinski definition) is 3. The predicted molar refractivity (Wildman–Crippen MR) is 83.7 cm³/mol. The summed E-state index contributed by atoms with van der Waals surface area (Å²) in [7, 11) is 1.88. The molecule has 0 spiro atoms. The normalized spacial score (nSPS) is 26.8. The van der Waals surface area contributed by atoms with Gasteiger partial charge in [0.05, 0.1) is 12.7 Å². The number of hydrogen-bond donors (Lipinski definition) is 1. The molecular weight excluding hydrogens is 248 g/mol. The number of nitrogens with one attached hydrogen (secondary N) is 1. The van der Waals surface area contributed by atoms with E-state index in [4.69, 9.17) is 4.74 Å². The first-order chi connectivity index (χ1) is 9.60. The van der Waals surface area contributed by atoms with Crippen molar-refractivity contribution in [2.75, 3.05) is 12.4 Å². The zero-order chi connectivity index (χ0) is 14.5. The Bertz CT molecular complexity index is 402. The summed E-state index contributed by atoms with van der Waals surface area (Å²) in [5, 5.41) is 3.04. The van der Waals surface area contributed by atoms with E-state index < -0.39 is 0 Å². The quantitative estimate of drug-likeness (QED) is 0.879. The average Bonchev–Trinajstić information content (AvgIpc) is 2.45. The third-order valence-corrected chi connectivity index (χ3v) is 4.51. The second-order valence-electron chi connectivity index (χ2n) is 6.48. The molecule has 1 aliphatic rings. The van der Waals surface area contributed by atoms with Crippen LogP contribution >= 0.6 is 0 Å². The van der Waals surface area contributed by atoms with Gasteiger partial charge in [0, 0.05) is 13.2 Å². The fraction of sp³-hybridized carbons (Fsp3) is 0.706. The number of nitrogens with zero attached hydrogens (tertiary/aromatic N) is 1. The van der Waals surface area contributed by atoms with E-state index in [1.807, 2.05) is 19.3 Å². The SMILES string of the molecule is CNc1ccc(COC2CC(C)CCC2C(C)C)cn1. The van der Waals surface area contributed by atoms with Crippen molar-refractivity contribution >= 4 is 5.82 Å². The summed E-state index contributed by atoms with van der Waals surface area (Å²) in [6, 6.07) is 4.09. The first-order valence-electron chi connectivity index (χ1n) is 7.84. The number of rotatable bonds is 5. The van der Waals surface area contributed by atoms with Crippen LogP contribution < -0.4 is 5.32 Å². The zero-order valence-electron chi connectivity index (χ0n) is 13.2. The molecule has 1 aromatic heterocycles. The second kappa shape index (κ2) is 7.07. The van der Waals surface area contributed by atoms with Gasteiger partial charge in [-0.3, -0.25) is 0 Å². The average molecular weight is 276 g/mol. The zero-order valence-corrected chi connectivity index (χ0v) is 13.2. The van der Waals surface area contributed by atoms with Gasteiger partial charge in [-0.2, -0.15) is 0 Å². The van der Waals surface area contributed by atoms with E-state index in [2.05, 4.69) is 37.1 Å². The third kappa shape index (κ3) is 3.95. The Morgan fingerprint density at radius 2 is 2.15 bits per heavy atom. The molecule has 3 nitrogen and oxygen atoms in total. The lowest BCUT2D eigenvalue weighted by atomic mass is 9.75. The molecule has 1 N–H and O–H groups in total. The van der Waals surface area contributed by atoms with Gasteiger partial charge in [-0.05, 0) is 42.2 Å². The molecule has 0 saturated heterocycles. The lowest BCUT2D eigenvalue weighted by Gasteiger charge is -2.37. The van der Waals surface area contributed by atoms with E-state index in [0.717, 1.165) is 17.3 Å². The molecule has 1 aromatic rings. The summed E-state index contributed by atoms with van der Waals surface area (Å²) >= 11 is 0. The Labute approximate surface area is 123 Å². The third-order valence-electron chi connectivity index (χ3n) is 4.51. The standard InChI is InChI=1S/C17H28N2O/c1-12(2)15-7-5-13(3)9-16(15)20-11-14-6-8-17(18-4)19-10-14/h6,8,10,12-13,15-16H,5,7,9,11H2,1-4H3,(H,18,19). The highest BCUT2D eigenvalue weighted by Crippen LogP contribution is 2.35. The molecule has 3 atom stereocenters. The van der Waals surface area contributed by atoms with Gasteiger partial charge in [0.15, 0.2) is 0 Å². The Kier molecular flexibility index (Phi) is 5.41. The minimum absolute atomic E-state index is 0.405. The predicted octanol–water partition coefficient (Wildman–Crippen LogP) is 4.10. The van der Waals surface area contributed by atoms with E-state index >= 15 is 0 Å². The minimum atomic E-state index is 0.405. The van der Waals surface area contributed by atoms with Crippen LogP contribution in [-0.2, 0) is 11.3 Å². The van der Waals surface area contributed by atoms with Crippen molar-refractivity contribution < 1.29 is 4.74 Å². The topological polar surface area (TPSA) is 34.1 Å². The molecule has 2 rings (SSSR count). The number of aromatic nitrogens is 1. The van der Waals surface area contributed by atoms with E-state index in [-0.39, 0.29) is 0 Å². The van der Waals surface area contributed by atoms with Gasteiger partial charge in [-0.15, -0.1) is 0 Å². The molecule has 20 heavy (non-hydrogen) atoms. The number of anilines is 1. The Balaban J connectivity index is 1.92. The van der Waals surface area contributed by atoms with Gasteiger partial charge in [-0.1, -0.05) is 33.3 Å². The van der Waals surface area contributed by atoms with E-state index in [1.54, 1.807) is 0 Å². The fourth-order valence-electron chi connectivity index (χ4n) is 3.17. The van der Waals surface area contributed by atoms with Crippen molar-refractivity contribution in [1.82, 2.24) is 4.98 Å². The summed E-state index contributed by atoms with van der Waals surface area (Å²) in [6.07, 6.45) is 6.16. The van der Waals surface area contributed by atoms with Crippen LogP contribution in [0, 0.1) is 17.8 Å². The smallest absolute Gasteiger partial charge is 0.125 e. The maximum atomic E-state index is 6.23. The first kappa shape index (κ1) is 15.3. The van der Waals surface area contributed by atoms with Crippen molar-refractivity contribution in [3.05, 3.63) is 23.9 Å². The van der Waals surface area contributed by atoms with E-state index in [1.165, 1.54) is 19.3 Å². The molecule has 0 radical (unpaired) electrons. The minimum Gasteiger partial charge on any atom is -0.373 e. The van der Waals surface area contributed by atoms with Gasteiger partial charge in [-0.25, -0.2) is 4.98 Å². The molecular formula is C17H28N2O. The summed E-state index contributed by atoms with van der Waals surface area (Å²) in [5.41, 5.74) is 1.16. The lowest BCUT2D eigenvalue weighted by Crippen LogP contribution is -2.34. The van der Waals surface area contributed by atoms with Crippen LogP contribution in [-0.4, -0.2) is 18.1 Å². The van der Waals surface area contributed by atoms with Gasteiger partial charge in [0.1, 0.15) is 5.82 Å². The van der Waals surface area contributed by atoms with E-state index in [9.17, 15) is 0 Å². The van der Waals surface area contributed by atoms with Crippen LogP contribution in [0.1, 0.15) is 45.6 Å². The maximum absolute atomic E-state index is 6.23. The maximum Gasteiger partial charge on any atom is 0.125 e. The molecule has 1 saturated carbocycles. The summed E-state index contributed by atoms with van der Waals surface area (Å²) in [5.74, 6) is 3.10. The van der Waals surface area contributed by atoms with Gasteiger partial charge in [0.2, 0.25) is 0 Å². The van der Waals surface area contributed by atoms with Crippen molar-refractivity contribution in [2.24, 2.45) is 17.8 Å². The molecule has 1 heterocycles. The van der Waals surface area contributed by atoms with Crippen molar-refractivity contribution in [3.63, 3.8) is 0 Å². The molecule has 1 aliphatic carbocycles. The first-order valence-corrected chi connectivity index (χ1v) is 7.84. The van der Waals surface area contributed by atoms with Crippen LogP contribution in [0.25, 0.3) is 0 Å². The van der Waals surface area contributed by atoms with Crippen LogP contribution in [0.2, 0.25) is 0 Å². The van der Waals surface area contributed by atoms with Gasteiger partial charge < -0.3 is 10.1 Å². The highest BCUT2D eigenvalue weighted by molar-refractivity contribution is 5.34. The Morgan fingerprint density at radius 1 is 1.35 bits per heavy atom. The van der Waals surface area contributed by atoms with Crippen LogP contribution in [0.5, 0.6) is 0 Å². The lowest BCUT2D eigenvalue weighted by molar-refractivity contribution is -0.0473. The highest BCUT2D eigenvalue weighted by Gasteiger charge is 2.31. The second-order valence-corrected chi connectivity index (χ2v) is 6.48. The van der Waals surface area contributed by atoms with Gasteiger partial charge >= 0.3 is 0 Å². The molecule has 1 fully saturated rings. The molecule has 112 valence electrons. The monoisotopic (exact) mass is 276 g/mol.